The molecule has 16 heavy (non-hydrogen) atoms. The van der Waals surface area contributed by atoms with Gasteiger partial charge in [0, 0.05) is 0 Å². The predicted octanol–water partition coefficient (Wildman–Crippen LogP) is 3.01. The fraction of sp³-hybridized carbons (Fsp3) is 0.929. The Morgan fingerprint density at radius 1 is 1.31 bits per heavy atom. The van der Waals surface area contributed by atoms with E-state index in [0.717, 1.165) is 23.7 Å². The fourth-order valence-corrected chi connectivity index (χ4v) is 5.01. The Hall–Kier alpha value is -0.530. The largest absolute Gasteiger partial charge is 0.466 e. The highest BCUT2D eigenvalue weighted by molar-refractivity contribution is 5.70. The summed E-state index contributed by atoms with van der Waals surface area (Å²) < 4.78 is 5.13. The van der Waals surface area contributed by atoms with Gasteiger partial charge in [-0.25, -0.2) is 0 Å². The third-order valence-electron chi connectivity index (χ3n) is 5.64. The first-order valence-electron chi connectivity index (χ1n) is 6.80. The third kappa shape index (κ3) is 1.28. The molecule has 0 aromatic rings. The van der Waals surface area contributed by atoms with Gasteiger partial charge in [0.1, 0.15) is 0 Å². The van der Waals surface area contributed by atoms with E-state index in [1.807, 2.05) is 6.92 Å². The second-order valence-electron chi connectivity index (χ2n) is 6.28. The SMILES string of the molecule is CCOC(=O)C[C@@]1(C)C2CCC3C[C@H]2[C@H]1C3. The zero-order valence-electron chi connectivity index (χ0n) is 10.4. The maximum absolute atomic E-state index is 11.7. The van der Waals surface area contributed by atoms with Gasteiger partial charge in [-0.2, -0.15) is 0 Å². The van der Waals surface area contributed by atoms with Gasteiger partial charge in [-0.3, -0.25) is 4.79 Å². The molecule has 0 heterocycles. The van der Waals surface area contributed by atoms with Crippen LogP contribution in [0.2, 0.25) is 0 Å². The van der Waals surface area contributed by atoms with E-state index in [9.17, 15) is 4.79 Å². The van der Waals surface area contributed by atoms with Crippen LogP contribution < -0.4 is 0 Å². The third-order valence-corrected chi connectivity index (χ3v) is 5.64. The number of ether oxygens (including phenoxy) is 1. The van der Waals surface area contributed by atoms with Crippen molar-refractivity contribution >= 4 is 5.97 Å². The zero-order valence-corrected chi connectivity index (χ0v) is 10.4. The Labute approximate surface area is 97.7 Å². The Morgan fingerprint density at radius 3 is 2.88 bits per heavy atom. The summed E-state index contributed by atoms with van der Waals surface area (Å²) >= 11 is 0. The molecule has 0 aromatic carbocycles. The van der Waals surface area contributed by atoms with Crippen LogP contribution in [0.1, 0.15) is 46.0 Å². The normalized spacial score (nSPS) is 48.6. The van der Waals surface area contributed by atoms with E-state index < -0.39 is 0 Å². The van der Waals surface area contributed by atoms with Gasteiger partial charge in [-0.05, 0) is 55.3 Å². The molecular weight excluding hydrogens is 200 g/mol. The van der Waals surface area contributed by atoms with Crippen molar-refractivity contribution < 1.29 is 9.53 Å². The summed E-state index contributed by atoms with van der Waals surface area (Å²) in [5.74, 6) is 3.61. The van der Waals surface area contributed by atoms with Gasteiger partial charge in [-0.15, -0.1) is 0 Å². The van der Waals surface area contributed by atoms with Crippen LogP contribution in [-0.4, -0.2) is 12.6 Å². The van der Waals surface area contributed by atoms with Crippen molar-refractivity contribution in [2.75, 3.05) is 6.61 Å². The summed E-state index contributed by atoms with van der Waals surface area (Å²) in [6, 6.07) is 0. The van der Waals surface area contributed by atoms with Crippen molar-refractivity contribution in [1.82, 2.24) is 0 Å². The average molecular weight is 222 g/mol. The summed E-state index contributed by atoms with van der Waals surface area (Å²) in [6.07, 6.45) is 6.28. The van der Waals surface area contributed by atoms with Crippen molar-refractivity contribution in [3.05, 3.63) is 0 Å². The van der Waals surface area contributed by atoms with Crippen LogP contribution in [0.4, 0.5) is 0 Å². The predicted molar refractivity (Wildman–Crippen MR) is 61.8 cm³/mol. The topological polar surface area (TPSA) is 26.3 Å². The molecule has 0 aromatic heterocycles. The Kier molecular flexibility index (Phi) is 2.31. The first-order valence-corrected chi connectivity index (χ1v) is 6.80. The smallest absolute Gasteiger partial charge is 0.306 e. The highest BCUT2D eigenvalue weighted by Gasteiger charge is 2.64. The highest BCUT2D eigenvalue weighted by atomic mass is 16.5. The van der Waals surface area contributed by atoms with E-state index in [4.69, 9.17) is 4.74 Å². The van der Waals surface area contributed by atoms with Crippen LogP contribution in [0.5, 0.6) is 0 Å². The molecule has 3 aliphatic carbocycles. The standard InChI is InChI=1S/C14H22O2/c1-3-16-13(15)8-14(2)11-5-4-9-6-10(11)12(14)7-9/h9-12H,3-8H2,1-2H3/t9?,10-,11?,12-,14+/m1/s1. The number of hydrogen-bond donors (Lipinski definition) is 0. The van der Waals surface area contributed by atoms with Gasteiger partial charge in [0.2, 0.25) is 0 Å². The lowest BCUT2D eigenvalue weighted by Gasteiger charge is -2.58. The molecule has 0 N–H and O–H groups in total. The van der Waals surface area contributed by atoms with E-state index in [1.165, 1.54) is 25.7 Å². The maximum Gasteiger partial charge on any atom is 0.306 e. The van der Waals surface area contributed by atoms with Crippen LogP contribution in [0.25, 0.3) is 0 Å². The molecule has 2 heteroatoms. The molecule has 3 rings (SSSR count). The van der Waals surface area contributed by atoms with Crippen molar-refractivity contribution in [2.24, 2.45) is 29.1 Å². The van der Waals surface area contributed by atoms with Crippen LogP contribution in [0.3, 0.4) is 0 Å². The van der Waals surface area contributed by atoms with E-state index in [2.05, 4.69) is 6.92 Å². The molecule has 3 aliphatic rings. The monoisotopic (exact) mass is 222 g/mol. The van der Waals surface area contributed by atoms with Crippen LogP contribution in [0.15, 0.2) is 0 Å². The van der Waals surface area contributed by atoms with E-state index in [1.54, 1.807) is 0 Å². The lowest BCUT2D eigenvalue weighted by atomic mass is 9.46. The summed E-state index contributed by atoms with van der Waals surface area (Å²) in [5, 5.41) is 0. The number of carbonyl (C=O) groups excluding carboxylic acids is 1. The Bertz CT molecular complexity index is 304. The molecule has 0 spiro atoms. The second-order valence-corrected chi connectivity index (χ2v) is 6.28. The zero-order chi connectivity index (χ0) is 11.3. The molecule has 0 radical (unpaired) electrons. The van der Waals surface area contributed by atoms with Crippen molar-refractivity contribution in [3.8, 4) is 0 Å². The van der Waals surface area contributed by atoms with Gasteiger partial charge in [0.05, 0.1) is 13.0 Å². The number of carbonyl (C=O) groups is 1. The van der Waals surface area contributed by atoms with Crippen molar-refractivity contribution in [1.29, 1.82) is 0 Å². The first-order chi connectivity index (χ1) is 7.65. The lowest BCUT2D eigenvalue weighted by molar-refractivity contribution is -0.160. The van der Waals surface area contributed by atoms with E-state index in [-0.39, 0.29) is 11.4 Å². The van der Waals surface area contributed by atoms with Gasteiger partial charge in [0.15, 0.2) is 0 Å². The van der Waals surface area contributed by atoms with Crippen LogP contribution >= 0.6 is 0 Å². The minimum Gasteiger partial charge on any atom is -0.466 e. The number of fused-ring (bicyclic) bond motifs is 1. The average Bonchev–Trinajstić information content (AvgIpc) is 2.44. The fourth-order valence-electron chi connectivity index (χ4n) is 5.01. The quantitative estimate of drug-likeness (QED) is 0.686. The molecule has 3 fully saturated rings. The number of esters is 1. The minimum atomic E-state index is 0.0267. The van der Waals surface area contributed by atoms with Crippen LogP contribution in [0, 0.1) is 29.1 Å². The number of hydrogen-bond acceptors (Lipinski definition) is 2. The summed E-state index contributed by atoms with van der Waals surface area (Å²) in [6.45, 7) is 4.75. The first kappa shape index (κ1) is 10.6. The van der Waals surface area contributed by atoms with Crippen molar-refractivity contribution in [2.45, 2.75) is 46.0 Å². The van der Waals surface area contributed by atoms with Crippen molar-refractivity contribution in [3.63, 3.8) is 0 Å². The second kappa shape index (κ2) is 3.48. The summed E-state index contributed by atoms with van der Waals surface area (Å²) in [5.41, 5.74) is 0.280. The molecule has 3 saturated carbocycles. The maximum atomic E-state index is 11.7. The molecule has 0 saturated heterocycles. The molecular formula is C14H22O2. The summed E-state index contributed by atoms with van der Waals surface area (Å²) in [7, 11) is 0. The van der Waals surface area contributed by atoms with E-state index in [0.29, 0.717) is 13.0 Å². The minimum absolute atomic E-state index is 0.0267. The molecule has 2 unspecified atom stereocenters. The van der Waals surface area contributed by atoms with Gasteiger partial charge < -0.3 is 4.74 Å². The molecule has 0 aliphatic heterocycles. The highest BCUT2D eigenvalue weighted by Crippen LogP contribution is 2.70. The molecule has 90 valence electrons. The Morgan fingerprint density at radius 2 is 2.12 bits per heavy atom. The van der Waals surface area contributed by atoms with E-state index >= 15 is 0 Å². The molecule has 2 bridgehead atoms. The molecule has 5 atom stereocenters. The summed E-state index contributed by atoms with van der Waals surface area (Å²) in [4.78, 5) is 11.7. The molecule has 0 amide bonds. The molecule has 2 nitrogen and oxygen atoms in total. The van der Waals surface area contributed by atoms with Gasteiger partial charge >= 0.3 is 5.97 Å². The lowest BCUT2D eigenvalue weighted by Crippen LogP contribution is -2.53. The van der Waals surface area contributed by atoms with Gasteiger partial charge in [-0.1, -0.05) is 13.3 Å². The Balaban J connectivity index is 1.72. The van der Waals surface area contributed by atoms with Gasteiger partial charge in [0.25, 0.3) is 0 Å². The number of rotatable bonds is 3. The van der Waals surface area contributed by atoms with Crippen LogP contribution in [-0.2, 0) is 9.53 Å².